The quantitative estimate of drug-likeness (QED) is 0.855. The standard InChI is InChI=1S/C15H21NO/c1-17-15-6-4-14(5-7-15)16-10-13-9-11-2-3-12(13)8-11/h4-7,11-13,16H,2-3,8-10H2,1H3. The molecule has 0 aliphatic heterocycles. The Balaban J connectivity index is 1.53. The molecule has 2 nitrogen and oxygen atoms in total. The second kappa shape index (κ2) is 4.59. The van der Waals surface area contributed by atoms with Gasteiger partial charge in [0.05, 0.1) is 7.11 Å². The van der Waals surface area contributed by atoms with Crippen molar-refractivity contribution in [2.24, 2.45) is 17.8 Å². The first-order valence-corrected chi connectivity index (χ1v) is 6.73. The minimum atomic E-state index is 0.913. The minimum absolute atomic E-state index is 0.913. The smallest absolute Gasteiger partial charge is 0.119 e. The lowest BCUT2D eigenvalue weighted by atomic mass is 9.89. The molecule has 2 bridgehead atoms. The molecule has 92 valence electrons. The van der Waals surface area contributed by atoms with Crippen LogP contribution in [-0.2, 0) is 0 Å². The molecular formula is C15H21NO. The summed E-state index contributed by atoms with van der Waals surface area (Å²) in [6.45, 7) is 1.15. The van der Waals surface area contributed by atoms with Gasteiger partial charge < -0.3 is 10.1 Å². The Morgan fingerprint density at radius 3 is 2.59 bits per heavy atom. The summed E-state index contributed by atoms with van der Waals surface area (Å²) in [5.41, 5.74) is 1.22. The van der Waals surface area contributed by atoms with E-state index in [0.29, 0.717) is 0 Å². The van der Waals surface area contributed by atoms with Gasteiger partial charge in [0.2, 0.25) is 0 Å². The third-order valence-electron chi connectivity index (χ3n) is 4.54. The number of ether oxygens (including phenoxy) is 1. The average molecular weight is 231 g/mol. The number of benzene rings is 1. The van der Waals surface area contributed by atoms with Gasteiger partial charge in [0.1, 0.15) is 5.75 Å². The van der Waals surface area contributed by atoms with E-state index in [9.17, 15) is 0 Å². The summed E-state index contributed by atoms with van der Waals surface area (Å²) in [6.07, 6.45) is 5.91. The first-order valence-electron chi connectivity index (χ1n) is 6.73. The van der Waals surface area contributed by atoms with Crippen LogP contribution in [0.2, 0.25) is 0 Å². The lowest BCUT2D eigenvalue weighted by Crippen LogP contribution is -2.20. The SMILES string of the molecule is COc1ccc(NCC2CC3CCC2C3)cc1. The lowest BCUT2D eigenvalue weighted by Gasteiger charge is -2.22. The van der Waals surface area contributed by atoms with Crippen molar-refractivity contribution in [2.45, 2.75) is 25.7 Å². The van der Waals surface area contributed by atoms with Crippen molar-refractivity contribution in [3.05, 3.63) is 24.3 Å². The van der Waals surface area contributed by atoms with Gasteiger partial charge in [-0.3, -0.25) is 0 Å². The van der Waals surface area contributed by atoms with Gasteiger partial charge in [0.25, 0.3) is 0 Å². The molecule has 0 heterocycles. The second-order valence-corrected chi connectivity index (χ2v) is 5.54. The number of rotatable bonds is 4. The first kappa shape index (κ1) is 10.9. The zero-order valence-electron chi connectivity index (χ0n) is 10.5. The Labute approximate surface area is 103 Å². The van der Waals surface area contributed by atoms with Crippen molar-refractivity contribution < 1.29 is 4.74 Å². The van der Waals surface area contributed by atoms with E-state index in [1.54, 1.807) is 7.11 Å². The molecule has 0 radical (unpaired) electrons. The van der Waals surface area contributed by atoms with Crippen molar-refractivity contribution in [1.82, 2.24) is 0 Å². The van der Waals surface area contributed by atoms with E-state index in [4.69, 9.17) is 4.74 Å². The molecule has 0 saturated heterocycles. The van der Waals surface area contributed by atoms with Gasteiger partial charge in [-0.05, 0) is 61.3 Å². The van der Waals surface area contributed by atoms with Crippen molar-refractivity contribution in [2.75, 3.05) is 19.0 Å². The predicted molar refractivity (Wildman–Crippen MR) is 70.4 cm³/mol. The van der Waals surface area contributed by atoms with Gasteiger partial charge in [-0.2, -0.15) is 0 Å². The summed E-state index contributed by atoms with van der Waals surface area (Å²) in [5.74, 6) is 3.89. The monoisotopic (exact) mass is 231 g/mol. The van der Waals surface area contributed by atoms with Crippen LogP contribution >= 0.6 is 0 Å². The first-order chi connectivity index (χ1) is 8.35. The third-order valence-corrected chi connectivity index (χ3v) is 4.54. The molecule has 2 saturated carbocycles. The highest BCUT2D eigenvalue weighted by molar-refractivity contribution is 5.46. The molecule has 0 aromatic heterocycles. The summed E-state index contributed by atoms with van der Waals surface area (Å²) in [6, 6.07) is 8.24. The molecule has 3 rings (SSSR count). The van der Waals surface area contributed by atoms with Crippen molar-refractivity contribution in [1.29, 1.82) is 0 Å². The van der Waals surface area contributed by atoms with Gasteiger partial charge >= 0.3 is 0 Å². The topological polar surface area (TPSA) is 21.3 Å². The van der Waals surface area contributed by atoms with Gasteiger partial charge in [-0.15, -0.1) is 0 Å². The normalized spacial score (nSPS) is 30.5. The van der Waals surface area contributed by atoms with Crippen LogP contribution in [0.15, 0.2) is 24.3 Å². The highest BCUT2D eigenvalue weighted by Crippen LogP contribution is 2.48. The number of hydrogen-bond donors (Lipinski definition) is 1. The molecule has 17 heavy (non-hydrogen) atoms. The zero-order valence-corrected chi connectivity index (χ0v) is 10.5. The number of anilines is 1. The number of nitrogens with one attached hydrogen (secondary N) is 1. The van der Waals surface area contributed by atoms with E-state index in [-0.39, 0.29) is 0 Å². The molecule has 2 fully saturated rings. The number of methoxy groups -OCH3 is 1. The second-order valence-electron chi connectivity index (χ2n) is 5.54. The van der Waals surface area contributed by atoms with Crippen LogP contribution in [0.1, 0.15) is 25.7 Å². The van der Waals surface area contributed by atoms with Gasteiger partial charge in [0.15, 0.2) is 0 Å². The Hall–Kier alpha value is -1.18. The number of hydrogen-bond acceptors (Lipinski definition) is 2. The summed E-state index contributed by atoms with van der Waals surface area (Å²) in [4.78, 5) is 0. The molecule has 1 aromatic rings. The summed E-state index contributed by atoms with van der Waals surface area (Å²) >= 11 is 0. The van der Waals surface area contributed by atoms with E-state index in [1.807, 2.05) is 12.1 Å². The van der Waals surface area contributed by atoms with Gasteiger partial charge in [-0.25, -0.2) is 0 Å². The summed E-state index contributed by atoms with van der Waals surface area (Å²) < 4.78 is 5.16. The fourth-order valence-electron chi connectivity index (χ4n) is 3.58. The van der Waals surface area contributed by atoms with Crippen LogP contribution in [0.4, 0.5) is 5.69 Å². The van der Waals surface area contributed by atoms with E-state index in [2.05, 4.69) is 17.4 Å². The largest absolute Gasteiger partial charge is 0.497 e. The van der Waals surface area contributed by atoms with Crippen LogP contribution in [0.5, 0.6) is 5.75 Å². The van der Waals surface area contributed by atoms with E-state index in [0.717, 1.165) is 30.0 Å². The Kier molecular flexibility index (Phi) is 2.96. The Morgan fingerprint density at radius 2 is 2.00 bits per heavy atom. The van der Waals surface area contributed by atoms with Crippen LogP contribution in [0.3, 0.4) is 0 Å². The Morgan fingerprint density at radius 1 is 1.18 bits per heavy atom. The molecule has 3 atom stereocenters. The molecule has 0 spiro atoms. The average Bonchev–Trinajstić information content (AvgIpc) is 2.99. The highest BCUT2D eigenvalue weighted by atomic mass is 16.5. The maximum absolute atomic E-state index is 5.16. The summed E-state index contributed by atoms with van der Waals surface area (Å²) in [7, 11) is 1.71. The van der Waals surface area contributed by atoms with Crippen molar-refractivity contribution >= 4 is 5.69 Å². The molecule has 3 unspecified atom stereocenters. The fourth-order valence-corrected chi connectivity index (χ4v) is 3.58. The van der Waals surface area contributed by atoms with Crippen LogP contribution in [-0.4, -0.2) is 13.7 Å². The van der Waals surface area contributed by atoms with Crippen LogP contribution in [0.25, 0.3) is 0 Å². The van der Waals surface area contributed by atoms with Gasteiger partial charge in [-0.1, -0.05) is 6.42 Å². The highest BCUT2D eigenvalue weighted by Gasteiger charge is 2.38. The molecule has 2 aliphatic rings. The Bertz CT molecular complexity index is 373. The lowest BCUT2D eigenvalue weighted by molar-refractivity contribution is 0.348. The molecule has 2 heteroatoms. The maximum Gasteiger partial charge on any atom is 0.119 e. The third kappa shape index (κ3) is 2.26. The maximum atomic E-state index is 5.16. The molecule has 0 amide bonds. The molecular weight excluding hydrogens is 210 g/mol. The van der Waals surface area contributed by atoms with Crippen molar-refractivity contribution in [3.63, 3.8) is 0 Å². The fraction of sp³-hybridized carbons (Fsp3) is 0.600. The van der Waals surface area contributed by atoms with Crippen molar-refractivity contribution in [3.8, 4) is 5.75 Å². The molecule has 1 aromatic carbocycles. The number of fused-ring (bicyclic) bond motifs is 2. The van der Waals surface area contributed by atoms with E-state index >= 15 is 0 Å². The minimum Gasteiger partial charge on any atom is -0.497 e. The van der Waals surface area contributed by atoms with E-state index < -0.39 is 0 Å². The predicted octanol–water partition coefficient (Wildman–Crippen LogP) is 3.54. The summed E-state index contributed by atoms with van der Waals surface area (Å²) in [5, 5.41) is 3.57. The van der Waals surface area contributed by atoms with E-state index in [1.165, 1.54) is 31.4 Å². The zero-order chi connectivity index (χ0) is 11.7. The molecule has 2 aliphatic carbocycles. The van der Waals surface area contributed by atoms with Crippen LogP contribution in [0, 0.1) is 17.8 Å². The molecule has 1 N–H and O–H groups in total. The van der Waals surface area contributed by atoms with Gasteiger partial charge in [0, 0.05) is 12.2 Å². The van der Waals surface area contributed by atoms with Crippen LogP contribution < -0.4 is 10.1 Å².